The van der Waals surface area contributed by atoms with Gasteiger partial charge in [0.1, 0.15) is 0 Å². The predicted octanol–water partition coefficient (Wildman–Crippen LogP) is 4.45. The lowest BCUT2D eigenvalue weighted by Gasteiger charge is -2.09. The molecule has 0 saturated heterocycles. The Balaban J connectivity index is 1.58. The summed E-state index contributed by atoms with van der Waals surface area (Å²) in [4.78, 5) is 24.2. The highest BCUT2D eigenvalue weighted by atomic mass is 35.5. The van der Waals surface area contributed by atoms with Crippen molar-refractivity contribution in [3.8, 4) is 11.3 Å². The number of amides is 1. The van der Waals surface area contributed by atoms with Crippen LogP contribution in [0.5, 0.6) is 0 Å². The molecule has 8 heteroatoms. The molecule has 31 heavy (non-hydrogen) atoms. The standard InChI is InChI=1S/C23H25ClN6O/c1-3-4-6-18-15(2)28-13-19(18)21-20(24)14-29-23(30-21)27-12-5-11-26-22(31)16-7-9-17(25)10-8-16/h3-4,6-10,13-14,28H,1,5,11-12,25H2,2H3,(H,26,31)(H,27,29,30)/b6-4-. The van der Waals surface area contributed by atoms with Crippen LogP contribution in [0.1, 0.15) is 28.0 Å². The predicted molar refractivity (Wildman–Crippen MR) is 127 cm³/mol. The van der Waals surface area contributed by atoms with Crippen molar-refractivity contribution >= 4 is 35.2 Å². The number of carbonyl (C=O) groups excluding carboxylic acids is 1. The minimum atomic E-state index is -0.132. The van der Waals surface area contributed by atoms with Crippen molar-refractivity contribution in [2.45, 2.75) is 13.3 Å². The molecule has 0 atom stereocenters. The molecule has 3 rings (SSSR count). The van der Waals surface area contributed by atoms with Gasteiger partial charge in [-0.2, -0.15) is 0 Å². The number of carbonyl (C=O) groups is 1. The minimum absolute atomic E-state index is 0.132. The van der Waals surface area contributed by atoms with Crippen LogP contribution in [0.4, 0.5) is 11.6 Å². The summed E-state index contributed by atoms with van der Waals surface area (Å²) in [6.45, 7) is 6.81. The summed E-state index contributed by atoms with van der Waals surface area (Å²) in [5.74, 6) is 0.342. The Morgan fingerprint density at radius 3 is 2.81 bits per heavy atom. The van der Waals surface area contributed by atoms with Gasteiger partial charge >= 0.3 is 0 Å². The number of hydrogen-bond donors (Lipinski definition) is 4. The molecule has 0 fully saturated rings. The number of nitrogens with one attached hydrogen (secondary N) is 3. The molecule has 3 aromatic rings. The molecule has 1 aromatic carbocycles. The molecule has 1 amide bonds. The van der Waals surface area contributed by atoms with E-state index in [1.165, 1.54) is 0 Å². The molecule has 0 unspecified atom stereocenters. The number of allylic oxidation sites excluding steroid dienone is 2. The summed E-state index contributed by atoms with van der Waals surface area (Å²) < 4.78 is 0. The van der Waals surface area contributed by atoms with Gasteiger partial charge in [0, 0.05) is 47.4 Å². The Kier molecular flexibility index (Phi) is 7.45. The zero-order chi connectivity index (χ0) is 22.2. The summed E-state index contributed by atoms with van der Waals surface area (Å²) in [5.41, 5.74) is 10.4. The van der Waals surface area contributed by atoms with Gasteiger partial charge in [0.15, 0.2) is 0 Å². The first-order valence-electron chi connectivity index (χ1n) is 9.87. The number of benzene rings is 1. The fourth-order valence-corrected chi connectivity index (χ4v) is 3.17. The molecule has 160 valence electrons. The van der Waals surface area contributed by atoms with Crippen molar-refractivity contribution in [2.24, 2.45) is 0 Å². The Hall–Kier alpha value is -3.58. The van der Waals surface area contributed by atoms with Crippen LogP contribution in [0.25, 0.3) is 17.3 Å². The molecule has 5 N–H and O–H groups in total. The number of H-pyrrole nitrogens is 1. The molecule has 0 radical (unpaired) electrons. The minimum Gasteiger partial charge on any atom is -0.399 e. The average molecular weight is 437 g/mol. The van der Waals surface area contributed by atoms with Gasteiger partial charge in [0.25, 0.3) is 5.91 Å². The molecule has 0 bridgehead atoms. The van der Waals surface area contributed by atoms with Gasteiger partial charge in [-0.05, 0) is 37.6 Å². The van der Waals surface area contributed by atoms with Gasteiger partial charge in [-0.25, -0.2) is 9.97 Å². The Labute approximate surface area is 186 Å². The summed E-state index contributed by atoms with van der Waals surface area (Å²) in [5, 5.41) is 6.52. The number of nitrogen functional groups attached to an aromatic ring is 1. The topological polar surface area (TPSA) is 109 Å². The van der Waals surface area contributed by atoms with Gasteiger partial charge in [-0.3, -0.25) is 4.79 Å². The maximum absolute atomic E-state index is 12.1. The second-order valence-electron chi connectivity index (χ2n) is 6.88. The number of aromatic nitrogens is 3. The highest BCUT2D eigenvalue weighted by Gasteiger charge is 2.14. The maximum Gasteiger partial charge on any atom is 0.251 e. The fraction of sp³-hybridized carbons (Fsp3) is 0.174. The van der Waals surface area contributed by atoms with E-state index >= 15 is 0 Å². The molecule has 0 saturated carbocycles. The van der Waals surface area contributed by atoms with Crippen LogP contribution < -0.4 is 16.4 Å². The number of halogens is 1. The first kappa shape index (κ1) is 22.1. The number of anilines is 2. The third-order valence-electron chi connectivity index (χ3n) is 4.62. The zero-order valence-corrected chi connectivity index (χ0v) is 18.0. The van der Waals surface area contributed by atoms with Crippen LogP contribution in [-0.2, 0) is 0 Å². The second-order valence-corrected chi connectivity index (χ2v) is 7.29. The van der Waals surface area contributed by atoms with E-state index in [2.05, 4.69) is 32.2 Å². The highest BCUT2D eigenvalue weighted by molar-refractivity contribution is 6.33. The SMILES string of the molecule is C=C/C=C\c1c(-c2nc(NCCCNC(=O)c3ccc(N)cc3)ncc2Cl)c[nH]c1C. The van der Waals surface area contributed by atoms with Crippen LogP contribution >= 0.6 is 11.6 Å². The first-order valence-corrected chi connectivity index (χ1v) is 10.2. The second kappa shape index (κ2) is 10.4. The third-order valence-corrected chi connectivity index (χ3v) is 4.90. The van der Waals surface area contributed by atoms with E-state index in [0.717, 1.165) is 16.8 Å². The molecule has 7 nitrogen and oxygen atoms in total. The van der Waals surface area contributed by atoms with E-state index in [1.807, 2.05) is 25.3 Å². The van der Waals surface area contributed by atoms with E-state index in [9.17, 15) is 4.79 Å². The van der Waals surface area contributed by atoms with Crippen molar-refractivity contribution in [1.29, 1.82) is 0 Å². The molecule has 2 heterocycles. The lowest BCUT2D eigenvalue weighted by Crippen LogP contribution is -2.25. The van der Waals surface area contributed by atoms with Crippen LogP contribution in [-0.4, -0.2) is 33.9 Å². The number of rotatable bonds is 9. The van der Waals surface area contributed by atoms with E-state index < -0.39 is 0 Å². The fourth-order valence-electron chi connectivity index (χ4n) is 2.98. The van der Waals surface area contributed by atoms with Crippen LogP contribution in [0.15, 0.2) is 55.4 Å². The summed E-state index contributed by atoms with van der Waals surface area (Å²) in [6.07, 6.45) is 9.72. The van der Waals surface area contributed by atoms with Crippen molar-refractivity contribution in [1.82, 2.24) is 20.3 Å². The molecule has 2 aromatic heterocycles. The monoisotopic (exact) mass is 436 g/mol. The number of aromatic amines is 1. The summed E-state index contributed by atoms with van der Waals surface area (Å²) in [7, 11) is 0. The van der Waals surface area contributed by atoms with E-state index in [-0.39, 0.29) is 5.91 Å². The lowest BCUT2D eigenvalue weighted by molar-refractivity contribution is 0.0953. The summed E-state index contributed by atoms with van der Waals surface area (Å²) >= 11 is 6.37. The van der Waals surface area contributed by atoms with Crippen LogP contribution in [0.2, 0.25) is 5.02 Å². The zero-order valence-electron chi connectivity index (χ0n) is 17.3. The molecule has 0 spiro atoms. The van der Waals surface area contributed by atoms with Gasteiger partial charge in [-0.1, -0.05) is 36.4 Å². The van der Waals surface area contributed by atoms with Crippen LogP contribution in [0, 0.1) is 6.92 Å². The number of aryl methyl sites for hydroxylation is 1. The maximum atomic E-state index is 12.1. The van der Waals surface area contributed by atoms with Gasteiger partial charge in [0.05, 0.1) is 16.9 Å². The van der Waals surface area contributed by atoms with Gasteiger partial charge < -0.3 is 21.4 Å². The number of hydrogen-bond acceptors (Lipinski definition) is 5. The summed E-state index contributed by atoms with van der Waals surface area (Å²) in [6, 6.07) is 6.81. The largest absolute Gasteiger partial charge is 0.399 e. The van der Waals surface area contributed by atoms with E-state index in [4.69, 9.17) is 17.3 Å². The molecular formula is C23H25ClN6O. The van der Waals surface area contributed by atoms with Crippen molar-refractivity contribution in [3.63, 3.8) is 0 Å². The number of nitrogens with zero attached hydrogens (tertiary/aromatic N) is 2. The van der Waals surface area contributed by atoms with Crippen LogP contribution in [0.3, 0.4) is 0 Å². The Morgan fingerprint density at radius 1 is 1.29 bits per heavy atom. The third kappa shape index (κ3) is 5.73. The molecular weight excluding hydrogens is 412 g/mol. The van der Waals surface area contributed by atoms with Gasteiger partial charge in [-0.15, -0.1) is 0 Å². The number of nitrogens with two attached hydrogens (primary N) is 1. The Bertz CT molecular complexity index is 1090. The molecule has 0 aliphatic carbocycles. The van der Waals surface area contributed by atoms with Gasteiger partial charge in [0.2, 0.25) is 5.95 Å². The molecule has 0 aliphatic heterocycles. The first-order chi connectivity index (χ1) is 15.0. The quantitative estimate of drug-likeness (QED) is 0.225. The van der Waals surface area contributed by atoms with Crippen molar-refractivity contribution < 1.29 is 4.79 Å². The average Bonchev–Trinajstić information content (AvgIpc) is 3.13. The lowest BCUT2D eigenvalue weighted by atomic mass is 10.1. The smallest absolute Gasteiger partial charge is 0.251 e. The van der Waals surface area contributed by atoms with E-state index in [0.29, 0.717) is 47.4 Å². The Morgan fingerprint density at radius 2 is 2.06 bits per heavy atom. The highest BCUT2D eigenvalue weighted by Crippen LogP contribution is 2.31. The van der Waals surface area contributed by atoms with Crippen molar-refractivity contribution in [2.75, 3.05) is 24.1 Å². The molecule has 0 aliphatic rings. The van der Waals surface area contributed by atoms with E-state index in [1.54, 1.807) is 36.5 Å². The normalized spacial score (nSPS) is 10.9. The van der Waals surface area contributed by atoms with Crippen molar-refractivity contribution in [3.05, 3.63) is 77.2 Å².